The van der Waals surface area contributed by atoms with Crippen molar-refractivity contribution >= 4 is 29.1 Å². The standard InChI is InChI=1S/C29H27ClN4O3/c1-19-15-22(30)13-14-24(19)34-27(35)25-16-23(20-9-5-4-6-10-20)32-33(25)18-29(34,2)28(36)31-17-21-11-7-8-12-26(21)37-3/h4-16H,17-18H2,1-3H3,(H,31,36)/t29-/m0/s1. The van der Waals surface area contributed by atoms with Gasteiger partial charge in [-0.15, -0.1) is 0 Å². The van der Waals surface area contributed by atoms with Gasteiger partial charge in [-0.05, 0) is 49.7 Å². The molecule has 0 fully saturated rings. The van der Waals surface area contributed by atoms with E-state index in [9.17, 15) is 9.59 Å². The highest BCUT2D eigenvalue weighted by molar-refractivity contribution is 6.30. The van der Waals surface area contributed by atoms with E-state index in [1.165, 1.54) is 0 Å². The average molecular weight is 515 g/mol. The number of amides is 2. The third-order valence-corrected chi connectivity index (χ3v) is 6.98. The minimum absolute atomic E-state index is 0.181. The molecule has 1 aliphatic heterocycles. The summed E-state index contributed by atoms with van der Waals surface area (Å²) in [6, 6.07) is 24.3. The summed E-state index contributed by atoms with van der Waals surface area (Å²) in [6.45, 7) is 4.08. The first-order chi connectivity index (χ1) is 17.8. The topological polar surface area (TPSA) is 76.5 Å². The van der Waals surface area contributed by atoms with Gasteiger partial charge in [0.15, 0.2) is 0 Å². The maximum atomic E-state index is 14.0. The van der Waals surface area contributed by atoms with Gasteiger partial charge in [0.2, 0.25) is 5.91 Å². The molecule has 1 atom stereocenters. The molecule has 188 valence electrons. The number of methoxy groups -OCH3 is 1. The Balaban J connectivity index is 1.56. The maximum absolute atomic E-state index is 14.0. The van der Waals surface area contributed by atoms with Crippen molar-refractivity contribution in [1.29, 1.82) is 0 Å². The molecule has 2 amide bonds. The number of halogens is 1. The summed E-state index contributed by atoms with van der Waals surface area (Å²) in [5.74, 6) is 0.0738. The molecule has 0 saturated carbocycles. The van der Waals surface area contributed by atoms with Crippen molar-refractivity contribution in [2.45, 2.75) is 32.5 Å². The molecule has 3 aromatic carbocycles. The molecule has 5 rings (SSSR count). The fourth-order valence-electron chi connectivity index (χ4n) is 4.79. The van der Waals surface area contributed by atoms with Crippen LogP contribution in [0.4, 0.5) is 5.69 Å². The van der Waals surface area contributed by atoms with E-state index >= 15 is 0 Å². The second-order valence-corrected chi connectivity index (χ2v) is 9.71. The molecule has 4 aromatic rings. The van der Waals surface area contributed by atoms with Crippen molar-refractivity contribution in [3.63, 3.8) is 0 Å². The molecule has 1 aromatic heterocycles. The van der Waals surface area contributed by atoms with Gasteiger partial charge in [-0.25, -0.2) is 0 Å². The van der Waals surface area contributed by atoms with Crippen LogP contribution in [0.15, 0.2) is 78.9 Å². The molecule has 1 N–H and O–H groups in total. The molecule has 0 unspecified atom stereocenters. The van der Waals surface area contributed by atoms with Crippen molar-refractivity contribution in [2.75, 3.05) is 12.0 Å². The van der Waals surface area contributed by atoms with Crippen molar-refractivity contribution in [1.82, 2.24) is 15.1 Å². The third kappa shape index (κ3) is 4.47. The molecular weight excluding hydrogens is 488 g/mol. The molecule has 0 spiro atoms. The van der Waals surface area contributed by atoms with Gasteiger partial charge in [0, 0.05) is 28.4 Å². The van der Waals surface area contributed by atoms with Crippen LogP contribution in [-0.4, -0.2) is 34.2 Å². The summed E-state index contributed by atoms with van der Waals surface area (Å²) in [5.41, 5.74) is 2.99. The minimum atomic E-state index is -1.26. The summed E-state index contributed by atoms with van der Waals surface area (Å²) in [6.07, 6.45) is 0. The minimum Gasteiger partial charge on any atom is -0.496 e. The molecular formula is C29H27ClN4O3. The lowest BCUT2D eigenvalue weighted by Gasteiger charge is -2.43. The van der Waals surface area contributed by atoms with Gasteiger partial charge in [0.25, 0.3) is 5.91 Å². The first kappa shape index (κ1) is 24.6. The number of carbonyl (C=O) groups is 2. The highest BCUT2D eigenvalue weighted by Crippen LogP contribution is 2.36. The Kier molecular flexibility index (Phi) is 6.48. The number of nitrogens with one attached hydrogen (secondary N) is 1. The van der Waals surface area contributed by atoms with E-state index in [1.54, 1.807) is 47.9 Å². The Morgan fingerprint density at radius 1 is 1.08 bits per heavy atom. The number of carbonyl (C=O) groups excluding carboxylic acids is 2. The number of ether oxygens (including phenoxy) is 1. The van der Waals surface area contributed by atoms with Crippen molar-refractivity contribution < 1.29 is 14.3 Å². The van der Waals surface area contributed by atoms with Gasteiger partial charge in [-0.2, -0.15) is 5.10 Å². The van der Waals surface area contributed by atoms with Crippen LogP contribution in [0.25, 0.3) is 11.3 Å². The molecule has 2 heterocycles. The van der Waals surface area contributed by atoms with Crippen LogP contribution in [0.2, 0.25) is 5.02 Å². The Labute approximate surface area is 220 Å². The predicted molar refractivity (Wildman–Crippen MR) is 144 cm³/mol. The van der Waals surface area contributed by atoms with E-state index < -0.39 is 5.54 Å². The van der Waals surface area contributed by atoms with E-state index in [4.69, 9.17) is 21.4 Å². The van der Waals surface area contributed by atoms with Crippen molar-refractivity contribution in [3.8, 4) is 17.0 Å². The third-order valence-electron chi connectivity index (χ3n) is 6.74. The van der Waals surface area contributed by atoms with Gasteiger partial charge in [-0.1, -0.05) is 60.1 Å². The summed E-state index contributed by atoms with van der Waals surface area (Å²) in [7, 11) is 1.59. The highest BCUT2D eigenvalue weighted by Gasteiger charge is 2.49. The van der Waals surface area contributed by atoms with E-state index in [2.05, 4.69) is 5.32 Å². The second kappa shape index (κ2) is 9.75. The number of hydrogen-bond acceptors (Lipinski definition) is 4. The zero-order valence-electron chi connectivity index (χ0n) is 20.9. The van der Waals surface area contributed by atoms with Crippen molar-refractivity contribution in [2.24, 2.45) is 0 Å². The van der Waals surface area contributed by atoms with Crippen LogP contribution >= 0.6 is 11.6 Å². The van der Waals surface area contributed by atoms with Gasteiger partial charge in [0.05, 0.1) is 19.3 Å². The number of fused-ring (bicyclic) bond motifs is 1. The molecule has 0 bridgehead atoms. The lowest BCUT2D eigenvalue weighted by Crippen LogP contribution is -2.64. The van der Waals surface area contributed by atoms with Crippen LogP contribution in [0.1, 0.15) is 28.5 Å². The number of aromatic nitrogens is 2. The lowest BCUT2D eigenvalue weighted by atomic mass is 9.93. The number of rotatable bonds is 6. The Hall–Kier alpha value is -4.10. The molecule has 8 heteroatoms. The van der Waals surface area contributed by atoms with E-state index in [0.29, 0.717) is 27.8 Å². The number of nitrogens with zero attached hydrogens (tertiary/aromatic N) is 3. The van der Waals surface area contributed by atoms with E-state index in [0.717, 1.165) is 16.7 Å². The molecule has 37 heavy (non-hydrogen) atoms. The van der Waals surface area contributed by atoms with Gasteiger partial charge < -0.3 is 10.1 Å². The zero-order chi connectivity index (χ0) is 26.2. The van der Waals surface area contributed by atoms with E-state index in [1.807, 2.05) is 61.5 Å². The Morgan fingerprint density at radius 3 is 2.54 bits per heavy atom. The van der Waals surface area contributed by atoms with Gasteiger partial charge in [-0.3, -0.25) is 19.2 Å². The fourth-order valence-corrected chi connectivity index (χ4v) is 5.02. The summed E-state index contributed by atoms with van der Waals surface area (Å²) in [5, 5.41) is 8.29. The average Bonchev–Trinajstić information content (AvgIpc) is 3.33. The van der Waals surface area contributed by atoms with Crippen LogP contribution in [-0.2, 0) is 17.9 Å². The second-order valence-electron chi connectivity index (χ2n) is 9.28. The number of anilines is 1. The normalized spacial score (nSPS) is 16.9. The molecule has 7 nitrogen and oxygen atoms in total. The summed E-state index contributed by atoms with van der Waals surface area (Å²) in [4.78, 5) is 29.5. The zero-order valence-corrected chi connectivity index (χ0v) is 21.6. The summed E-state index contributed by atoms with van der Waals surface area (Å²) < 4.78 is 7.07. The Morgan fingerprint density at radius 2 is 1.81 bits per heavy atom. The number of hydrogen-bond donors (Lipinski definition) is 1. The molecule has 1 aliphatic rings. The predicted octanol–water partition coefficient (Wildman–Crippen LogP) is 5.26. The van der Waals surface area contributed by atoms with Gasteiger partial charge in [0.1, 0.15) is 17.0 Å². The van der Waals surface area contributed by atoms with Crippen molar-refractivity contribution in [3.05, 3.63) is 101 Å². The number of para-hydroxylation sites is 1. The monoisotopic (exact) mass is 514 g/mol. The smallest absolute Gasteiger partial charge is 0.277 e. The first-order valence-corrected chi connectivity index (χ1v) is 12.3. The summed E-state index contributed by atoms with van der Waals surface area (Å²) >= 11 is 6.22. The first-order valence-electron chi connectivity index (χ1n) is 12.0. The maximum Gasteiger partial charge on any atom is 0.277 e. The van der Waals surface area contributed by atoms with Crippen LogP contribution in [0.5, 0.6) is 5.75 Å². The SMILES string of the molecule is COc1ccccc1CNC(=O)[C@]1(C)Cn2nc(-c3ccccc3)cc2C(=O)N1c1ccc(Cl)cc1C. The van der Waals surface area contributed by atoms with Crippen LogP contribution < -0.4 is 15.0 Å². The lowest BCUT2D eigenvalue weighted by molar-refractivity contribution is -0.126. The Bertz CT molecular complexity index is 1480. The molecule has 0 radical (unpaired) electrons. The highest BCUT2D eigenvalue weighted by atomic mass is 35.5. The molecule has 0 aliphatic carbocycles. The number of aryl methyl sites for hydroxylation is 1. The molecule has 0 saturated heterocycles. The van der Waals surface area contributed by atoms with Crippen LogP contribution in [0.3, 0.4) is 0 Å². The fraction of sp³-hybridized carbons (Fsp3) is 0.207. The quantitative estimate of drug-likeness (QED) is 0.381. The number of benzene rings is 3. The van der Waals surface area contributed by atoms with E-state index in [-0.39, 0.29) is 24.9 Å². The largest absolute Gasteiger partial charge is 0.496 e. The van der Waals surface area contributed by atoms with Gasteiger partial charge >= 0.3 is 0 Å². The van der Waals surface area contributed by atoms with Crippen LogP contribution in [0, 0.1) is 6.92 Å².